The number of amides is 1. The van der Waals surface area contributed by atoms with Crippen LogP contribution >= 0.6 is 11.8 Å². The lowest BCUT2D eigenvalue weighted by Crippen LogP contribution is -2.29. The van der Waals surface area contributed by atoms with Crippen molar-refractivity contribution < 1.29 is 17.6 Å². The van der Waals surface area contributed by atoms with Crippen LogP contribution in [0.25, 0.3) is 0 Å². The fourth-order valence-electron chi connectivity index (χ4n) is 3.26. The first kappa shape index (κ1) is 20.8. The zero-order chi connectivity index (χ0) is 20.3. The minimum absolute atomic E-state index is 0.0414. The summed E-state index contributed by atoms with van der Waals surface area (Å²) in [7, 11) is -2.37. The molecule has 0 radical (unpaired) electrons. The quantitative estimate of drug-likeness (QED) is 0.668. The molecule has 0 aliphatic carbocycles. The van der Waals surface area contributed by atoms with Gasteiger partial charge in [0, 0.05) is 31.6 Å². The first-order chi connectivity index (χ1) is 13.3. The summed E-state index contributed by atoms with van der Waals surface area (Å²) in [6.45, 7) is 1.44. The van der Waals surface area contributed by atoms with Crippen LogP contribution < -0.4 is 0 Å². The van der Waals surface area contributed by atoms with Crippen molar-refractivity contribution >= 4 is 27.7 Å². The van der Waals surface area contributed by atoms with Gasteiger partial charge in [0.1, 0.15) is 5.82 Å². The zero-order valence-corrected chi connectivity index (χ0v) is 17.5. The molecule has 1 heterocycles. The van der Waals surface area contributed by atoms with Crippen molar-refractivity contribution in [3.8, 4) is 0 Å². The minimum Gasteiger partial charge on any atom is -0.339 e. The van der Waals surface area contributed by atoms with E-state index in [1.165, 1.54) is 47.4 Å². The minimum atomic E-state index is -3.82. The molecule has 1 aliphatic rings. The Morgan fingerprint density at radius 3 is 2.54 bits per heavy atom. The van der Waals surface area contributed by atoms with Gasteiger partial charge in [-0.15, -0.1) is 11.8 Å². The molecular weight excluding hydrogens is 399 g/mol. The molecule has 0 spiro atoms. The Balaban J connectivity index is 1.90. The summed E-state index contributed by atoms with van der Waals surface area (Å²) in [5.41, 5.74) is 0.967. The number of carbonyl (C=O) groups excluding carboxylic acids is 1. The van der Waals surface area contributed by atoms with E-state index in [2.05, 4.69) is 0 Å². The van der Waals surface area contributed by atoms with E-state index in [1.54, 1.807) is 23.1 Å². The average molecular weight is 423 g/mol. The number of hydrogen-bond donors (Lipinski definition) is 0. The van der Waals surface area contributed by atoms with Gasteiger partial charge in [0.05, 0.1) is 10.5 Å². The van der Waals surface area contributed by atoms with Gasteiger partial charge in [0.25, 0.3) is 5.91 Å². The summed E-state index contributed by atoms with van der Waals surface area (Å²) in [4.78, 5) is 15.4. The maximum absolute atomic E-state index is 13.4. The van der Waals surface area contributed by atoms with Crippen molar-refractivity contribution in [1.82, 2.24) is 9.21 Å². The predicted molar refractivity (Wildman–Crippen MR) is 108 cm³/mol. The number of thioether (sulfide) groups is 1. The lowest BCUT2D eigenvalue weighted by atomic mass is 10.2. The largest absolute Gasteiger partial charge is 0.339 e. The van der Waals surface area contributed by atoms with Crippen molar-refractivity contribution in [2.75, 3.05) is 26.4 Å². The molecule has 28 heavy (non-hydrogen) atoms. The van der Waals surface area contributed by atoms with Crippen LogP contribution in [-0.4, -0.2) is 49.9 Å². The Morgan fingerprint density at radius 2 is 1.89 bits per heavy atom. The Hall–Kier alpha value is -1.90. The van der Waals surface area contributed by atoms with Crippen LogP contribution in [-0.2, 0) is 16.6 Å². The highest BCUT2D eigenvalue weighted by atomic mass is 32.2. The number of sulfonamides is 1. The van der Waals surface area contributed by atoms with Crippen LogP contribution in [0, 0.1) is 5.82 Å². The van der Waals surface area contributed by atoms with Crippen molar-refractivity contribution in [1.29, 1.82) is 0 Å². The first-order valence-corrected chi connectivity index (χ1v) is 11.7. The van der Waals surface area contributed by atoms with Gasteiger partial charge in [-0.25, -0.2) is 12.8 Å². The third-order valence-corrected chi connectivity index (χ3v) is 7.39. The summed E-state index contributed by atoms with van der Waals surface area (Å²) in [5, 5.41) is 0. The van der Waals surface area contributed by atoms with Crippen molar-refractivity contribution in [2.45, 2.75) is 29.2 Å². The number of hydrogen-bond acceptors (Lipinski definition) is 4. The Morgan fingerprint density at radius 1 is 1.18 bits per heavy atom. The number of rotatable bonds is 6. The third kappa shape index (κ3) is 4.39. The molecule has 0 saturated carbocycles. The standard InChI is InChI=1S/C20H23FN2O3S2/c1-22(14-15-6-5-7-16(21)12-15)28(25,26)17-8-9-19(27-2)18(13-17)20(24)23-10-3-4-11-23/h5-9,12-13H,3-4,10-11,14H2,1-2H3. The van der Waals surface area contributed by atoms with Gasteiger partial charge < -0.3 is 4.90 Å². The molecule has 1 aliphatic heterocycles. The highest BCUT2D eigenvalue weighted by molar-refractivity contribution is 7.98. The summed E-state index contributed by atoms with van der Waals surface area (Å²) < 4.78 is 40.6. The van der Waals surface area contributed by atoms with E-state index in [1.807, 2.05) is 6.26 Å². The lowest BCUT2D eigenvalue weighted by molar-refractivity contribution is 0.0789. The molecule has 5 nitrogen and oxygen atoms in total. The van der Waals surface area contributed by atoms with Gasteiger partial charge in [-0.2, -0.15) is 4.31 Å². The summed E-state index contributed by atoms with van der Waals surface area (Å²) in [5.74, 6) is -0.544. The van der Waals surface area contributed by atoms with Crippen molar-refractivity contribution in [3.63, 3.8) is 0 Å². The molecule has 8 heteroatoms. The van der Waals surface area contributed by atoms with Crippen molar-refractivity contribution in [2.24, 2.45) is 0 Å². The molecule has 0 N–H and O–H groups in total. The van der Waals surface area contributed by atoms with E-state index < -0.39 is 15.8 Å². The van der Waals surface area contributed by atoms with Gasteiger partial charge in [-0.1, -0.05) is 12.1 Å². The molecule has 0 bridgehead atoms. The second-order valence-corrected chi connectivity index (χ2v) is 9.65. The smallest absolute Gasteiger partial charge is 0.255 e. The fourth-order valence-corrected chi connectivity index (χ4v) is 5.02. The normalized spacial score (nSPS) is 14.6. The van der Waals surface area contributed by atoms with Gasteiger partial charge >= 0.3 is 0 Å². The van der Waals surface area contributed by atoms with E-state index in [-0.39, 0.29) is 17.3 Å². The van der Waals surface area contributed by atoms with E-state index in [0.29, 0.717) is 24.2 Å². The van der Waals surface area contributed by atoms with Crippen LogP contribution in [0.2, 0.25) is 0 Å². The maximum atomic E-state index is 13.4. The molecular formula is C20H23FN2O3S2. The Kier molecular flexibility index (Phi) is 6.42. The van der Waals surface area contributed by atoms with Gasteiger partial charge in [-0.3, -0.25) is 4.79 Å². The van der Waals surface area contributed by atoms with Gasteiger partial charge in [-0.05, 0) is 55.0 Å². The highest BCUT2D eigenvalue weighted by Crippen LogP contribution is 2.28. The Bertz CT molecular complexity index is 973. The van der Waals surface area contributed by atoms with E-state index in [0.717, 1.165) is 17.7 Å². The molecule has 2 aromatic carbocycles. The van der Waals surface area contributed by atoms with Crippen LogP contribution in [0.1, 0.15) is 28.8 Å². The second-order valence-electron chi connectivity index (χ2n) is 6.75. The number of carbonyl (C=O) groups is 1. The lowest BCUT2D eigenvalue weighted by Gasteiger charge is -2.20. The summed E-state index contributed by atoms with van der Waals surface area (Å²) in [6, 6.07) is 10.5. The molecule has 0 atom stereocenters. The van der Waals surface area contributed by atoms with Crippen molar-refractivity contribution in [3.05, 3.63) is 59.4 Å². The van der Waals surface area contributed by atoms with Gasteiger partial charge in [0.15, 0.2) is 0 Å². The number of nitrogens with zero attached hydrogens (tertiary/aromatic N) is 2. The molecule has 1 saturated heterocycles. The molecule has 150 valence electrons. The first-order valence-electron chi connectivity index (χ1n) is 9.01. The number of benzene rings is 2. The van der Waals surface area contributed by atoms with Crippen LogP contribution in [0.15, 0.2) is 52.3 Å². The summed E-state index contributed by atoms with van der Waals surface area (Å²) >= 11 is 1.42. The summed E-state index contributed by atoms with van der Waals surface area (Å²) in [6.07, 6.45) is 3.80. The average Bonchev–Trinajstić information content (AvgIpc) is 3.21. The van der Waals surface area contributed by atoms with Crippen LogP contribution in [0.5, 0.6) is 0 Å². The maximum Gasteiger partial charge on any atom is 0.255 e. The molecule has 0 unspecified atom stereocenters. The highest BCUT2D eigenvalue weighted by Gasteiger charge is 2.26. The van der Waals surface area contributed by atoms with Crippen LogP contribution in [0.3, 0.4) is 0 Å². The topological polar surface area (TPSA) is 57.7 Å². The predicted octanol–water partition coefficient (Wildman–Crippen LogP) is 3.60. The third-order valence-electron chi connectivity index (χ3n) is 4.80. The molecule has 3 rings (SSSR count). The van der Waals surface area contributed by atoms with Gasteiger partial charge in [0.2, 0.25) is 10.0 Å². The fraction of sp³-hybridized carbons (Fsp3) is 0.350. The zero-order valence-electron chi connectivity index (χ0n) is 15.9. The Labute approximate surface area is 169 Å². The molecule has 1 fully saturated rings. The SMILES string of the molecule is CSc1ccc(S(=O)(=O)N(C)Cc2cccc(F)c2)cc1C(=O)N1CCCC1. The molecule has 1 amide bonds. The second kappa shape index (κ2) is 8.63. The number of likely N-dealkylation sites (tertiary alicyclic amines) is 1. The van der Waals surface area contributed by atoms with E-state index in [9.17, 15) is 17.6 Å². The molecule has 0 aromatic heterocycles. The van der Waals surface area contributed by atoms with Crippen LogP contribution in [0.4, 0.5) is 4.39 Å². The number of halogens is 1. The monoisotopic (exact) mass is 422 g/mol. The van der Waals surface area contributed by atoms with E-state index >= 15 is 0 Å². The molecule has 2 aromatic rings. The van der Waals surface area contributed by atoms with E-state index in [4.69, 9.17) is 0 Å².